The number of rotatable bonds is 9. The molecule has 0 saturated carbocycles. The molecule has 0 radical (unpaired) electrons. The Kier molecular flexibility index (Phi) is 7.78. The quantitative estimate of drug-likeness (QED) is 0.492. The molecule has 3 rings (SSSR count). The van der Waals surface area contributed by atoms with E-state index >= 15 is 0 Å². The van der Waals surface area contributed by atoms with Crippen LogP contribution in [0.5, 0.6) is 5.75 Å². The number of hydrogen-bond acceptors (Lipinski definition) is 4. The molecule has 0 spiro atoms. The summed E-state index contributed by atoms with van der Waals surface area (Å²) in [7, 11) is -3.84. The van der Waals surface area contributed by atoms with Gasteiger partial charge in [-0.05, 0) is 49.2 Å². The van der Waals surface area contributed by atoms with Crippen molar-refractivity contribution in [3.8, 4) is 5.75 Å². The first-order valence-corrected chi connectivity index (χ1v) is 11.7. The van der Waals surface area contributed by atoms with Crippen molar-refractivity contribution in [3.63, 3.8) is 0 Å². The number of carbonyl (C=O) groups excluding carboxylic acids is 1. The van der Waals surface area contributed by atoms with Crippen LogP contribution in [0.1, 0.15) is 28.4 Å². The molecule has 33 heavy (non-hydrogen) atoms. The summed E-state index contributed by atoms with van der Waals surface area (Å²) in [5.74, 6) is -2.19. The van der Waals surface area contributed by atoms with Crippen LogP contribution in [0, 0.1) is 18.6 Å². The van der Waals surface area contributed by atoms with E-state index in [1.807, 2.05) is 18.2 Å². The molecule has 0 fully saturated rings. The largest absolute Gasteiger partial charge is 0.488 e. The van der Waals surface area contributed by atoms with E-state index < -0.39 is 33.6 Å². The molecule has 1 unspecified atom stereocenters. The number of nitrogens with one attached hydrogen (secondary N) is 2. The number of hydrogen-bond donors (Lipinski definition) is 2. The highest BCUT2D eigenvalue weighted by molar-refractivity contribution is 7.89. The number of benzene rings is 3. The van der Waals surface area contributed by atoms with Crippen LogP contribution in [0.3, 0.4) is 0 Å². The van der Waals surface area contributed by atoms with Crippen LogP contribution < -0.4 is 14.8 Å². The maximum Gasteiger partial charge on any atom is 0.251 e. The highest BCUT2D eigenvalue weighted by Crippen LogP contribution is 2.19. The van der Waals surface area contributed by atoms with Crippen molar-refractivity contribution < 1.29 is 26.7 Å². The van der Waals surface area contributed by atoms with Crippen LogP contribution in [0.25, 0.3) is 0 Å². The van der Waals surface area contributed by atoms with Gasteiger partial charge in [0.05, 0.1) is 10.9 Å². The lowest BCUT2D eigenvalue weighted by Gasteiger charge is -2.17. The Morgan fingerprint density at radius 3 is 2.45 bits per heavy atom. The summed E-state index contributed by atoms with van der Waals surface area (Å²) in [6, 6.07) is 15.8. The van der Waals surface area contributed by atoms with Crippen molar-refractivity contribution in [2.75, 3.05) is 6.61 Å². The molecule has 9 heteroatoms. The average Bonchev–Trinajstić information content (AvgIpc) is 2.78. The highest BCUT2D eigenvalue weighted by atomic mass is 32.2. The Balaban J connectivity index is 1.65. The minimum absolute atomic E-state index is 0.0357. The van der Waals surface area contributed by atoms with E-state index in [0.717, 1.165) is 11.6 Å². The number of ether oxygens (including phenoxy) is 1. The molecule has 0 heterocycles. The fraction of sp³-hybridized carbons (Fsp3) is 0.208. The van der Waals surface area contributed by atoms with Crippen LogP contribution in [-0.2, 0) is 16.6 Å². The molecule has 0 aromatic heterocycles. The topological polar surface area (TPSA) is 84.5 Å². The Bertz CT molecular complexity index is 1230. The van der Waals surface area contributed by atoms with E-state index in [9.17, 15) is 22.0 Å². The molecule has 3 aromatic carbocycles. The molecule has 1 amide bonds. The van der Waals surface area contributed by atoms with E-state index in [0.29, 0.717) is 11.6 Å². The summed E-state index contributed by atoms with van der Waals surface area (Å²) < 4.78 is 59.9. The molecular weight excluding hydrogens is 450 g/mol. The van der Waals surface area contributed by atoms with Gasteiger partial charge in [0.1, 0.15) is 12.4 Å². The first-order valence-electron chi connectivity index (χ1n) is 10.2. The Hall–Kier alpha value is -3.30. The molecular formula is C24H24F2N2O4S. The zero-order valence-corrected chi connectivity index (χ0v) is 19.0. The van der Waals surface area contributed by atoms with Gasteiger partial charge in [0.2, 0.25) is 10.0 Å². The minimum Gasteiger partial charge on any atom is -0.488 e. The Morgan fingerprint density at radius 1 is 1.03 bits per heavy atom. The van der Waals surface area contributed by atoms with E-state index in [1.54, 1.807) is 32.0 Å². The van der Waals surface area contributed by atoms with Crippen molar-refractivity contribution in [1.82, 2.24) is 10.0 Å². The second kappa shape index (κ2) is 10.5. The summed E-state index contributed by atoms with van der Waals surface area (Å²) in [5.41, 5.74) is 1.59. The predicted octanol–water partition coefficient (Wildman–Crippen LogP) is 3.95. The zero-order chi connectivity index (χ0) is 24.0. The number of aryl methyl sites for hydroxylation is 1. The lowest BCUT2D eigenvalue weighted by atomic mass is 10.1. The first-order chi connectivity index (χ1) is 15.7. The molecule has 1 atom stereocenters. The lowest BCUT2D eigenvalue weighted by molar-refractivity contribution is 0.0925. The fourth-order valence-corrected chi connectivity index (χ4v) is 4.06. The number of halogens is 2. The van der Waals surface area contributed by atoms with Gasteiger partial charge in [0.25, 0.3) is 5.91 Å². The van der Waals surface area contributed by atoms with Crippen LogP contribution in [0.2, 0.25) is 0 Å². The Morgan fingerprint density at radius 2 is 1.76 bits per heavy atom. The third-order valence-corrected chi connectivity index (χ3v) is 6.23. The third-order valence-electron chi connectivity index (χ3n) is 4.83. The zero-order valence-electron chi connectivity index (χ0n) is 18.1. The van der Waals surface area contributed by atoms with Gasteiger partial charge in [-0.1, -0.05) is 36.4 Å². The number of carbonyl (C=O) groups is 1. The Labute approximate surface area is 191 Å². The molecule has 3 aromatic rings. The summed E-state index contributed by atoms with van der Waals surface area (Å²) in [5, 5.41) is 2.70. The average molecular weight is 475 g/mol. The van der Waals surface area contributed by atoms with E-state index in [-0.39, 0.29) is 29.4 Å². The molecule has 0 saturated heterocycles. The summed E-state index contributed by atoms with van der Waals surface area (Å²) >= 11 is 0. The van der Waals surface area contributed by atoms with Crippen LogP contribution in [0.15, 0.2) is 71.6 Å². The van der Waals surface area contributed by atoms with Crippen molar-refractivity contribution in [2.24, 2.45) is 0 Å². The van der Waals surface area contributed by atoms with Crippen molar-refractivity contribution in [3.05, 3.63) is 95.1 Å². The molecule has 6 nitrogen and oxygen atoms in total. The van der Waals surface area contributed by atoms with Crippen molar-refractivity contribution in [1.29, 1.82) is 0 Å². The summed E-state index contributed by atoms with van der Waals surface area (Å²) in [6.07, 6.45) is 0. The number of sulfonamides is 1. The van der Waals surface area contributed by atoms with Gasteiger partial charge in [-0.2, -0.15) is 0 Å². The lowest BCUT2D eigenvalue weighted by Crippen LogP contribution is -2.37. The minimum atomic E-state index is -3.84. The predicted molar refractivity (Wildman–Crippen MR) is 120 cm³/mol. The van der Waals surface area contributed by atoms with Gasteiger partial charge in [0, 0.05) is 18.2 Å². The summed E-state index contributed by atoms with van der Waals surface area (Å²) in [6.45, 7) is 3.39. The van der Waals surface area contributed by atoms with Crippen molar-refractivity contribution >= 4 is 15.9 Å². The smallest absolute Gasteiger partial charge is 0.251 e. The van der Waals surface area contributed by atoms with Gasteiger partial charge in [-0.25, -0.2) is 21.9 Å². The second-order valence-corrected chi connectivity index (χ2v) is 9.31. The van der Waals surface area contributed by atoms with Gasteiger partial charge in [0.15, 0.2) is 11.6 Å². The van der Waals surface area contributed by atoms with Gasteiger partial charge in [-0.3, -0.25) is 4.79 Å². The van der Waals surface area contributed by atoms with E-state index in [2.05, 4.69) is 10.0 Å². The molecule has 0 aliphatic carbocycles. The second-order valence-electron chi connectivity index (χ2n) is 7.55. The molecule has 0 bridgehead atoms. The molecule has 2 N–H and O–H groups in total. The van der Waals surface area contributed by atoms with Crippen LogP contribution in [0.4, 0.5) is 8.78 Å². The molecule has 0 aliphatic heterocycles. The van der Waals surface area contributed by atoms with Gasteiger partial charge in [-0.15, -0.1) is 0 Å². The van der Waals surface area contributed by atoms with E-state index in [1.165, 1.54) is 18.2 Å². The maximum atomic E-state index is 13.7. The summed E-state index contributed by atoms with van der Waals surface area (Å²) in [4.78, 5) is 12.7. The number of amides is 1. The normalized spacial score (nSPS) is 12.2. The van der Waals surface area contributed by atoms with E-state index in [4.69, 9.17) is 4.74 Å². The van der Waals surface area contributed by atoms with Crippen LogP contribution >= 0.6 is 0 Å². The first kappa shape index (κ1) is 24.3. The molecule has 0 aliphatic rings. The van der Waals surface area contributed by atoms with Crippen LogP contribution in [-0.4, -0.2) is 27.0 Å². The SMILES string of the molecule is Cc1ccc(S(=O)(=O)NCc2ccccc2)cc1C(=O)NC(C)COc1ccc(F)cc1F. The molecule has 174 valence electrons. The highest BCUT2D eigenvalue weighted by Gasteiger charge is 2.19. The van der Waals surface area contributed by atoms with Gasteiger partial charge >= 0.3 is 0 Å². The standard InChI is InChI=1S/C24H24F2N2O4S/c1-16-8-10-20(33(30,31)27-14-18-6-4-3-5-7-18)13-21(16)24(29)28-17(2)15-32-23-11-9-19(25)12-22(23)26/h3-13,17,27H,14-15H2,1-2H3,(H,28,29). The van der Waals surface area contributed by atoms with Gasteiger partial charge < -0.3 is 10.1 Å². The third kappa shape index (κ3) is 6.59. The van der Waals surface area contributed by atoms with Crippen molar-refractivity contribution in [2.45, 2.75) is 31.3 Å². The monoisotopic (exact) mass is 474 g/mol. The maximum absolute atomic E-state index is 13.7. The fourth-order valence-electron chi connectivity index (χ4n) is 3.02.